The van der Waals surface area contributed by atoms with E-state index in [1.165, 1.54) is 52.7 Å². The largest absolute Gasteiger partial charge is 0.342 e. The molecule has 8 nitrogen and oxygen atoms in total. The highest BCUT2D eigenvalue weighted by atomic mass is 32.2. The highest BCUT2D eigenvalue weighted by molar-refractivity contribution is 7.98. The highest BCUT2D eigenvalue weighted by Gasteiger charge is 2.47. The van der Waals surface area contributed by atoms with Gasteiger partial charge < -0.3 is 15.5 Å². The molecule has 3 amide bonds. The number of amides is 3. The molecule has 4 rings (SSSR count). The summed E-state index contributed by atoms with van der Waals surface area (Å²) in [4.78, 5) is 42.9. The van der Waals surface area contributed by atoms with E-state index in [1.54, 1.807) is 30.3 Å². The maximum Gasteiger partial charge on any atom is 0.271 e. The molecule has 0 aliphatic carbocycles. The number of halogens is 3. The topological polar surface area (TPSA) is 115 Å². The van der Waals surface area contributed by atoms with Gasteiger partial charge in [-0.25, -0.2) is 18.2 Å². The van der Waals surface area contributed by atoms with Crippen molar-refractivity contribution < 1.29 is 27.6 Å². The summed E-state index contributed by atoms with van der Waals surface area (Å²) in [5.41, 5.74) is 1.00. The molecule has 0 unspecified atom stereocenters. The molecule has 1 fully saturated rings. The molecule has 1 aliphatic rings. The molecule has 0 saturated carbocycles. The fraction of sp³-hybridized carbons (Fsp3) is 0.240. The first-order valence-corrected chi connectivity index (χ1v) is 13.1. The molecule has 0 radical (unpaired) electrons. The van der Waals surface area contributed by atoms with Crippen molar-refractivity contribution in [1.82, 2.24) is 15.2 Å². The number of hydrogen-bond acceptors (Lipinski definition) is 7. The van der Waals surface area contributed by atoms with Crippen LogP contribution in [0.3, 0.4) is 0 Å². The minimum Gasteiger partial charge on any atom is -0.342 e. The summed E-state index contributed by atoms with van der Waals surface area (Å²) in [6, 6.07) is 12.8. The van der Waals surface area contributed by atoms with E-state index >= 15 is 0 Å². The summed E-state index contributed by atoms with van der Waals surface area (Å²) in [7, 11) is 0. The number of likely N-dealkylation sites (tertiary alicyclic amines) is 1. The summed E-state index contributed by atoms with van der Waals surface area (Å²) < 4.78 is 40.1. The van der Waals surface area contributed by atoms with Crippen molar-refractivity contribution in [2.24, 2.45) is 0 Å². The summed E-state index contributed by atoms with van der Waals surface area (Å²) >= 11 is 2.69. The van der Waals surface area contributed by atoms with Gasteiger partial charge in [0.25, 0.3) is 17.7 Å². The van der Waals surface area contributed by atoms with Gasteiger partial charge >= 0.3 is 0 Å². The van der Waals surface area contributed by atoms with Crippen molar-refractivity contribution in [2.45, 2.75) is 29.0 Å². The van der Waals surface area contributed by atoms with Crippen LogP contribution in [0.4, 0.5) is 18.9 Å². The first-order chi connectivity index (χ1) is 18.1. The van der Waals surface area contributed by atoms with Gasteiger partial charge in [0, 0.05) is 27.9 Å². The fourth-order valence-corrected chi connectivity index (χ4v) is 5.30. The van der Waals surface area contributed by atoms with Gasteiger partial charge in [-0.1, -0.05) is 0 Å². The summed E-state index contributed by atoms with van der Waals surface area (Å²) in [6.07, 6.45) is -0.720. The van der Waals surface area contributed by atoms with Gasteiger partial charge in [-0.2, -0.15) is 5.26 Å². The number of anilines is 1. The van der Waals surface area contributed by atoms with Crippen molar-refractivity contribution >= 4 is 46.5 Å². The van der Waals surface area contributed by atoms with Crippen molar-refractivity contribution in [3.05, 3.63) is 76.0 Å². The van der Waals surface area contributed by atoms with E-state index in [-0.39, 0.29) is 11.6 Å². The number of benzene rings is 2. The SMILES string of the molecule is N#C[C@@H]1CC(F)(F)CN1C(=O)CNC(=O)c1csc(CSc2ccc(C(=O)Nc3ccc(F)cc3)cc2)n1. The van der Waals surface area contributed by atoms with Gasteiger partial charge in [-0.15, -0.1) is 23.1 Å². The van der Waals surface area contributed by atoms with Gasteiger partial charge in [-0.3, -0.25) is 14.4 Å². The number of nitrogens with zero attached hydrogens (tertiary/aromatic N) is 3. The molecule has 3 aromatic rings. The van der Waals surface area contributed by atoms with Gasteiger partial charge in [0.15, 0.2) is 0 Å². The smallest absolute Gasteiger partial charge is 0.271 e. The lowest BCUT2D eigenvalue weighted by Gasteiger charge is -2.19. The van der Waals surface area contributed by atoms with Gasteiger partial charge in [0.2, 0.25) is 5.91 Å². The first-order valence-electron chi connectivity index (χ1n) is 11.2. The Balaban J connectivity index is 1.25. The van der Waals surface area contributed by atoms with Crippen molar-refractivity contribution in [2.75, 3.05) is 18.4 Å². The van der Waals surface area contributed by atoms with Crippen LogP contribution in [0.25, 0.3) is 0 Å². The Bertz CT molecular complexity index is 1370. The maximum absolute atomic E-state index is 13.5. The standard InChI is InChI=1S/C25H20F3N5O3S2/c26-16-3-5-17(6-4-16)31-23(35)15-1-7-19(8-2-15)37-13-21-32-20(12-38-21)24(36)30-11-22(34)33-14-25(27,28)9-18(33)10-29/h1-8,12,18H,9,11,13-14H2,(H,30,36)(H,31,35)/t18-/m0/s1. The van der Waals surface area contributed by atoms with Crippen LogP contribution in [0.5, 0.6) is 0 Å². The molecular formula is C25H20F3N5O3S2. The number of carbonyl (C=O) groups is 3. The van der Waals surface area contributed by atoms with E-state index in [9.17, 15) is 27.6 Å². The molecule has 2 N–H and O–H groups in total. The monoisotopic (exact) mass is 559 g/mol. The van der Waals surface area contributed by atoms with Crippen LogP contribution < -0.4 is 10.6 Å². The molecule has 1 saturated heterocycles. The lowest BCUT2D eigenvalue weighted by molar-refractivity contribution is -0.131. The van der Waals surface area contributed by atoms with Crippen LogP contribution in [-0.2, 0) is 10.5 Å². The molecule has 2 heterocycles. The molecular weight excluding hydrogens is 539 g/mol. The second-order valence-corrected chi connectivity index (χ2v) is 10.3. The summed E-state index contributed by atoms with van der Waals surface area (Å²) in [5.74, 6) is -4.79. The van der Waals surface area contributed by atoms with E-state index in [0.29, 0.717) is 22.0 Å². The van der Waals surface area contributed by atoms with Crippen LogP contribution in [0.15, 0.2) is 58.8 Å². The molecule has 0 bridgehead atoms. The number of carbonyl (C=O) groups excluding carboxylic acids is 3. The molecule has 2 aromatic carbocycles. The van der Waals surface area contributed by atoms with Crippen LogP contribution >= 0.6 is 23.1 Å². The summed E-state index contributed by atoms with van der Waals surface area (Å²) in [6.45, 7) is -1.37. The Morgan fingerprint density at radius 3 is 2.53 bits per heavy atom. The Morgan fingerprint density at radius 2 is 1.84 bits per heavy atom. The number of aromatic nitrogens is 1. The van der Waals surface area contributed by atoms with Crippen LogP contribution in [0.1, 0.15) is 32.3 Å². The third-order valence-corrected chi connectivity index (χ3v) is 7.56. The zero-order chi connectivity index (χ0) is 27.3. The molecule has 13 heteroatoms. The third-order valence-electron chi connectivity index (χ3n) is 5.50. The molecule has 0 spiro atoms. The first kappa shape index (κ1) is 27.2. The third kappa shape index (κ3) is 6.90. The predicted molar refractivity (Wildman–Crippen MR) is 135 cm³/mol. The number of thiazole rings is 1. The Morgan fingerprint density at radius 1 is 1.13 bits per heavy atom. The normalized spacial score (nSPS) is 16.1. The van der Waals surface area contributed by atoms with E-state index in [1.807, 2.05) is 0 Å². The van der Waals surface area contributed by atoms with Gasteiger partial charge in [0.1, 0.15) is 22.6 Å². The molecule has 1 aliphatic heterocycles. The van der Waals surface area contributed by atoms with Gasteiger partial charge in [0.05, 0.1) is 24.9 Å². The zero-order valence-corrected chi connectivity index (χ0v) is 21.3. The lowest BCUT2D eigenvalue weighted by Crippen LogP contribution is -2.43. The van der Waals surface area contributed by atoms with Crippen molar-refractivity contribution in [3.63, 3.8) is 0 Å². The summed E-state index contributed by atoms with van der Waals surface area (Å²) in [5, 5.41) is 16.2. The quantitative estimate of drug-likeness (QED) is 0.398. The average Bonchev–Trinajstić information content (AvgIpc) is 3.51. The van der Waals surface area contributed by atoms with E-state index < -0.39 is 49.1 Å². The van der Waals surface area contributed by atoms with Crippen LogP contribution in [0, 0.1) is 17.1 Å². The molecule has 196 valence electrons. The molecule has 1 aromatic heterocycles. The van der Waals surface area contributed by atoms with E-state index in [2.05, 4.69) is 15.6 Å². The van der Waals surface area contributed by atoms with Crippen LogP contribution in [0.2, 0.25) is 0 Å². The Kier molecular flexibility index (Phi) is 8.33. The molecule has 1 atom stereocenters. The van der Waals surface area contributed by atoms with E-state index in [4.69, 9.17) is 5.26 Å². The number of thioether (sulfide) groups is 1. The molecule has 38 heavy (non-hydrogen) atoms. The lowest BCUT2D eigenvalue weighted by atomic mass is 10.2. The Hall–Kier alpha value is -3.89. The second-order valence-electron chi connectivity index (χ2n) is 8.31. The van der Waals surface area contributed by atoms with Gasteiger partial charge in [-0.05, 0) is 48.5 Å². The highest BCUT2D eigenvalue weighted by Crippen LogP contribution is 2.31. The van der Waals surface area contributed by atoms with Crippen LogP contribution in [-0.4, -0.2) is 52.7 Å². The average molecular weight is 560 g/mol. The number of hydrogen-bond donors (Lipinski definition) is 2. The predicted octanol–water partition coefficient (Wildman–Crippen LogP) is 4.32. The maximum atomic E-state index is 13.5. The number of alkyl halides is 2. The number of rotatable bonds is 8. The van der Waals surface area contributed by atoms with Crippen molar-refractivity contribution in [1.29, 1.82) is 5.26 Å². The fourth-order valence-electron chi connectivity index (χ4n) is 3.61. The number of nitrogens with one attached hydrogen (secondary N) is 2. The number of nitriles is 1. The zero-order valence-electron chi connectivity index (χ0n) is 19.6. The van der Waals surface area contributed by atoms with E-state index in [0.717, 1.165) is 9.80 Å². The minimum atomic E-state index is -3.13. The second kappa shape index (κ2) is 11.7. The minimum absolute atomic E-state index is 0.0924. The van der Waals surface area contributed by atoms with Crippen molar-refractivity contribution in [3.8, 4) is 6.07 Å². The Labute approximate surface area is 223 Å².